The Morgan fingerprint density at radius 1 is 1.31 bits per heavy atom. The summed E-state index contributed by atoms with van der Waals surface area (Å²) in [6, 6.07) is 8.05. The highest BCUT2D eigenvalue weighted by Gasteiger charge is 2.16. The van der Waals surface area contributed by atoms with Gasteiger partial charge in [0.1, 0.15) is 5.82 Å². The van der Waals surface area contributed by atoms with Gasteiger partial charge in [-0.3, -0.25) is 0 Å². The first-order valence-electron chi connectivity index (χ1n) is 4.93. The van der Waals surface area contributed by atoms with E-state index < -0.39 is 0 Å². The molecule has 0 spiro atoms. The Bertz CT molecular complexity index is 546. The summed E-state index contributed by atoms with van der Waals surface area (Å²) in [4.78, 5) is 4.29. The number of anilines is 1. The second-order valence-corrected chi connectivity index (χ2v) is 7.34. The van der Waals surface area contributed by atoms with Crippen LogP contribution in [0, 0.1) is 0 Å². The van der Waals surface area contributed by atoms with Crippen LogP contribution in [0.3, 0.4) is 0 Å². The molecule has 2 N–H and O–H groups in total. The molecule has 2 aromatic rings. The Labute approximate surface area is 113 Å². The summed E-state index contributed by atoms with van der Waals surface area (Å²) < 4.78 is 0.0853. The van der Waals surface area contributed by atoms with E-state index in [9.17, 15) is 0 Å². The van der Waals surface area contributed by atoms with Crippen LogP contribution < -0.4 is 5.73 Å². The van der Waals surface area contributed by atoms with Gasteiger partial charge in [0.05, 0.1) is 10.5 Å². The lowest BCUT2D eigenvalue weighted by Gasteiger charge is -2.17. The standard InChI is InChI=1S/C12H12ClIN2/c1-12(2,14)8-4-3-7-5-9(13)11(15)16-10(7)6-8/h3-6H,1-2H3,(H2,15,16). The molecular weight excluding hydrogens is 335 g/mol. The van der Waals surface area contributed by atoms with E-state index in [2.05, 4.69) is 53.6 Å². The van der Waals surface area contributed by atoms with Crippen molar-refractivity contribution in [2.45, 2.75) is 17.3 Å². The predicted molar refractivity (Wildman–Crippen MR) is 78.2 cm³/mol. The normalized spacial score (nSPS) is 12.0. The van der Waals surface area contributed by atoms with Crippen molar-refractivity contribution in [3.8, 4) is 0 Å². The van der Waals surface area contributed by atoms with Crippen molar-refractivity contribution in [3.05, 3.63) is 34.9 Å². The van der Waals surface area contributed by atoms with Crippen LogP contribution in [0.1, 0.15) is 19.4 Å². The Morgan fingerprint density at radius 2 is 2.00 bits per heavy atom. The molecule has 1 aromatic carbocycles. The molecule has 84 valence electrons. The maximum absolute atomic E-state index is 5.93. The number of nitrogens with zero attached hydrogens (tertiary/aromatic N) is 1. The lowest BCUT2D eigenvalue weighted by Crippen LogP contribution is -2.06. The lowest BCUT2D eigenvalue weighted by atomic mass is 10.0. The molecule has 0 aliphatic rings. The molecule has 0 saturated heterocycles. The van der Waals surface area contributed by atoms with Crippen molar-refractivity contribution < 1.29 is 0 Å². The molecule has 16 heavy (non-hydrogen) atoms. The van der Waals surface area contributed by atoms with Crippen molar-refractivity contribution in [1.82, 2.24) is 4.98 Å². The van der Waals surface area contributed by atoms with Gasteiger partial charge in [-0.05, 0) is 31.5 Å². The Kier molecular flexibility index (Phi) is 3.01. The van der Waals surface area contributed by atoms with Crippen LogP contribution in [0.2, 0.25) is 5.02 Å². The molecule has 0 aliphatic carbocycles. The fourth-order valence-corrected chi connectivity index (χ4v) is 2.02. The van der Waals surface area contributed by atoms with E-state index in [1.807, 2.05) is 12.1 Å². The summed E-state index contributed by atoms with van der Waals surface area (Å²) >= 11 is 8.33. The molecule has 1 aromatic heterocycles. The van der Waals surface area contributed by atoms with Gasteiger partial charge in [-0.15, -0.1) is 0 Å². The van der Waals surface area contributed by atoms with Gasteiger partial charge in [-0.2, -0.15) is 0 Å². The number of rotatable bonds is 1. The zero-order valence-electron chi connectivity index (χ0n) is 9.09. The minimum Gasteiger partial charge on any atom is -0.382 e. The number of aromatic nitrogens is 1. The number of nitrogen functional groups attached to an aromatic ring is 1. The third kappa shape index (κ3) is 2.25. The first-order valence-corrected chi connectivity index (χ1v) is 6.39. The van der Waals surface area contributed by atoms with Gasteiger partial charge >= 0.3 is 0 Å². The maximum Gasteiger partial charge on any atom is 0.142 e. The minimum absolute atomic E-state index is 0.0853. The van der Waals surface area contributed by atoms with Crippen molar-refractivity contribution in [1.29, 1.82) is 0 Å². The summed E-state index contributed by atoms with van der Waals surface area (Å²) in [6.45, 7) is 4.32. The summed E-state index contributed by atoms with van der Waals surface area (Å²) in [6.07, 6.45) is 0. The van der Waals surface area contributed by atoms with Crippen LogP contribution >= 0.6 is 34.2 Å². The van der Waals surface area contributed by atoms with Crippen molar-refractivity contribution >= 4 is 50.9 Å². The van der Waals surface area contributed by atoms with Gasteiger partial charge in [0.25, 0.3) is 0 Å². The topological polar surface area (TPSA) is 38.9 Å². The third-order valence-corrected chi connectivity index (χ3v) is 3.41. The molecule has 0 unspecified atom stereocenters. The first-order chi connectivity index (χ1) is 7.38. The monoisotopic (exact) mass is 346 g/mol. The molecule has 2 rings (SSSR count). The van der Waals surface area contributed by atoms with Gasteiger partial charge in [-0.1, -0.05) is 46.3 Å². The van der Waals surface area contributed by atoms with Crippen LogP contribution in [0.25, 0.3) is 10.9 Å². The van der Waals surface area contributed by atoms with Gasteiger partial charge < -0.3 is 5.73 Å². The van der Waals surface area contributed by atoms with E-state index in [0.29, 0.717) is 10.8 Å². The number of hydrogen-bond acceptors (Lipinski definition) is 2. The molecular formula is C12H12ClIN2. The molecule has 0 atom stereocenters. The minimum atomic E-state index is 0.0853. The highest BCUT2D eigenvalue weighted by Crippen LogP contribution is 2.33. The summed E-state index contributed by atoms with van der Waals surface area (Å²) in [5.41, 5.74) is 7.82. The molecule has 0 bridgehead atoms. The zero-order chi connectivity index (χ0) is 11.9. The van der Waals surface area contributed by atoms with Crippen molar-refractivity contribution in [3.63, 3.8) is 0 Å². The van der Waals surface area contributed by atoms with Crippen LogP contribution in [0.5, 0.6) is 0 Å². The van der Waals surface area contributed by atoms with E-state index >= 15 is 0 Å². The van der Waals surface area contributed by atoms with Crippen molar-refractivity contribution in [2.75, 3.05) is 5.73 Å². The first kappa shape index (κ1) is 11.9. The van der Waals surface area contributed by atoms with E-state index in [0.717, 1.165) is 10.9 Å². The van der Waals surface area contributed by atoms with Crippen LogP contribution in [-0.2, 0) is 3.42 Å². The van der Waals surface area contributed by atoms with Gasteiger partial charge in [-0.25, -0.2) is 4.98 Å². The summed E-state index contributed by atoms with van der Waals surface area (Å²) in [5, 5.41) is 1.53. The number of halogens is 2. The number of pyridine rings is 1. The number of fused-ring (bicyclic) bond motifs is 1. The smallest absolute Gasteiger partial charge is 0.142 e. The number of hydrogen-bond donors (Lipinski definition) is 1. The molecule has 0 amide bonds. The van der Waals surface area contributed by atoms with Crippen LogP contribution in [-0.4, -0.2) is 4.98 Å². The Morgan fingerprint density at radius 3 is 2.62 bits per heavy atom. The lowest BCUT2D eigenvalue weighted by molar-refractivity contribution is 0.828. The SMILES string of the molecule is CC(C)(I)c1ccc2cc(Cl)c(N)nc2c1. The van der Waals surface area contributed by atoms with Crippen LogP contribution in [0.15, 0.2) is 24.3 Å². The average Bonchev–Trinajstić information content (AvgIpc) is 2.17. The van der Waals surface area contributed by atoms with Gasteiger partial charge in [0, 0.05) is 8.81 Å². The van der Waals surface area contributed by atoms with E-state index in [1.54, 1.807) is 0 Å². The van der Waals surface area contributed by atoms with E-state index in [4.69, 9.17) is 17.3 Å². The average molecular weight is 347 g/mol. The number of nitrogens with two attached hydrogens (primary N) is 1. The molecule has 4 heteroatoms. The Hall–Kier alpha value is -0.550. The van der Waals surface area contributed by atoms with E-state index in [-0.39, 0.29) is 3.42 Å². The zero-order valence-corrected chi connectivity index (χ0v) is 12.0. The molecule has 0 radical (unpaired) electrons. The predicted octanol–water partition coefficient (Wildman–Crippen LogP) is 4.14. The fourth-order valence-electron chi connectivity index (χ4n) is 1.53. The van der Waals surface area contributed by atoms with Gasteiger partial charge in [0.2, 0.25) is 0 Å². The quantitative estimate of drug-likeness (QED) is 0.622. The fraction of sp³-hybridized carbons (Fsp3) is 0.250. The number of alkyl halides is 1. The molecule has 0 aliphatic heterocycles. The van der Waals surface area contributed by atoms with Crippen LogP contribution in [0.4, 0.5) is 5.82 Å². The Balaban J connectivity index is 2.67. The summed E-state index contributed by atoms with van der Waals surface area (Å²) in [5.74, 6) is 0.387. The van der Waals surface area contributed by atoms with Crippen molar-refractivity contribution in [2.24, 2.45) is 0 Å². The second-order valence-electron chi connectivity index (χ2n) is 4.24. The second kappa shape index (κ2) is 4.04. The molecule has 1 heterocycles. The third-order valence-electron chi connectivity index (χ3n) is 2.48. The van der Waals surface area contributed by atoms with E-state index in [1.165, 1.54) is 5.56 Å². The summed E-state index contributed by atoms with van der Waals surface area (Å²) in [7, 11) is 0. The maximum atomic E-state index is 5.93. The highest BCUT2D eigenvalue weighted by atomic mass is 127. The highest BCUT2D eigenvalue weighted by molar-refractivity contribution is 14.1. The largest absolute Gasteiger partial charge is 0.382 e. The molecule has 2 nitrogen and oxygen atoms in total. The molecule has 0 saturated carbocycles. The molecule has 0 fully saturated rings. The van der Waals surface area contributed by atoms with Gasteiger partial charge in [0.15, 0.2) is 0 Å². The number of benzene rings is 1.